The van der Waals surface area contributed by atoms with Crippen LogP contribution in [-0.2, 0) is 0 Å². The molecule has 4 heteroatoms. The van der Waals surface area contributed by atoms with Crippen molar-refractivity contribution in [3.8, 4) is 0 Å². The Morgan fingerprint density at radius 2 is 2.11 bits per heavy atom. The number of anilines is 1. The van der Waals surface area contributed by atoms with Crippen LogP contribution in [0.1, 0.15) is 29.6 Å². The van der Waals surface area contributed by atoms with E-state index >= 15 is 0 Å². The van der Waals surface area contributed by atoms with Crippen LogP contribution in [0.2, 0.25) is 0 Å². The Balaban J connectivity index is 1.82. The highest BCUT2D eigenvalue weighted by molar-refractivity contribution is 7.99. The number of rotatable bonds is 4. The number of hydrogen-bond donors (Lipinski definition) is 2. The van der Waals surface area contributed by atoms with Crippen molar-refractivity contribution in [2.75, 3.05) is 24.7 Å². The Morgan fingerprint density at radius 3 is 2.72 bits per heavy atom. The summed E-state index contributed by atoms with van der Waals surface area (Å²) < 4.78 is 0. The van der Waals surface area contributed by atoms with E-state index in [1.807, 2.05) is 43.1 Å². The molecular weight excluding hydrogens is 244 g/mol. The molecule has 0 aromatic heterocycles. The predicted octanol–water partition coefficient (Wildman–Crippen LogP) is 2.74. The molecule has 1 unspecified atom stereocenters. The van der Waals surface area contributed by atoms with Gasteiger partial charge in [0, 0.05) is 30.1 Å². The first-order chi connectivity index (χ1) is 8.79. The standard InChI is InChI=1S/C14H20N2OS/c1-15-12-7-5-11(6-8-12)14(17)16-10-13-4-2-3-9-18-13/h5-8,13,15H,2-4,9-10H2,1H3,(H,16,17). The molecule has 18 heavy (non-hydrogen) atoms. The number of benzene rings is 1. The van der Waals surface area contributed by atoms with E-state index in [0.717, 1.165) is 17.8 Å². The topological polar surface area (TPSA) is 41.1 Å². The molecule has 0 spiro atoms. The molecule has 0 bridgehead atoms. The third kappa shape index (κ3) is 3.67. The lowest BCUT2D eigenvalue weighted by Crippen LogP contribution is -2.31. The normalized spacial score (nSPS) is 19.3. The molecule has 98 valence electrons. The summed E-state index contributed by atoms with van der Waals surface area (Å²) in [6.45, 7) is 0.789. The van der Waals surface area contributed by atoms with E-state index in [4.69, 9.17) is 0 Å². The molecule has 1 heterocycles. The van der Waals surface area contributed by atoms with Gasteiger partial charge in [-0.05, 0) is 42.9 Å². The van der Waals surface area contributed by atoms with Crippen LogP contribution in [0, 0.1) is 0 Å². The molecule has 2 rings (SSSR count). The van der Waals surface area contributed by atoms with Gasteiger partial charge in [0.2, 0.25) is 0 Å². The minimum atomic E-state index is 0.0313. The fourth-order valence-electron chi connectivity index (χ4n) is 2.07. The van der Waals surface area contributed by atoms with Crippen molar-refractivity contribution < 1.29 is 4.79 Å². The van der Waals surface area contributed by atoms with Gasteiger partial charge in [-0.25, -0.2) is 0 Å². The molecule has 1 aromatic rings. The fourth-order valence-corrected chi connectivity index (χ4v) is 3.30. The molecular formula is C14H20N2OS. The van der Waals surface area contributed by atoms with Gasteiger partial charge in [-0.15, -0.1) is 0 Å². The van der Waals surface area contributed by atoms with Gasteiger partial charge in [0.1, 0.15) is 0 Å². The number of carbonyl (C=O) groups excluding carboxylic acids is 1. The molecule has 1 aliphatic rings. The van der Waals surface area contributed by atoms with Gasteiger partial charge in [0.15, 0.2) is 0 Å². The number of nitrogens with one attached hydrogen (secondary N) is 2. The molecule has 0 radical (unpaired) electrons. The van der Waals surface area contributed by atoms with Gasteiger partial charge < -0.3 is 10.6 Å². The first-order valence-corrected chi connectivity index (χ1v) is 7.52. The Labute approximate surface area is 113 Å². The van der Waals surface area contributed by atoms with Crippen molar-refractivity contribution in [2.24, 2.45) is 0 Å². The van der Waals surface area contributed by atoms with Gasteiger partial charge in [-0.1, -0.05) is 6.42 Å². The molecule has 3 nitrogen and oxygen atoms in total. The van der Waals surface area contributed by atoms with Gasteiger partial charge in [0.25, 0.3) is 5.91 Å². The second kappa shape index (κ2) is 6.69. The van der Waals surface area contributed by atoms with Crippen LogP contribution >= 0.6 is 11.8 Å². The van der Waals surface area contributed by atoms with Crippen LogP contribution in [0.5, 0.6) is 0 Å². The summed E-state index contributed by atoms with van der Waals surface area (Å²) in [7, 11) is 1.87. The van der Waals surface area contributed by atoms with Crippen LogP contribution in [-0.4, -0.2) is 30.5 Å². The molecule has 1 saturated heterocycles. The Hall–Kier alpha value is -1.16. The van der Waals surface area contributed by atoms with E-state index in [9.17, 15) is 4.79 Å². The first kappa shape index (κ1) is 13.3. The minimum Gasteiger partial charge on any atom is -0.388 e. The van der Waals surface area contributed by atoms with Crippen LogP contribution < -0.4 is 10.6 Å². The van der Waals surface area contributed by atoms with Crippen molar-refractivity contribution in [1.82, 2.24) is 5.32 Å². The molecule has 1 aliphatic heterocycles. The maximum absolute atomic E-state index is 11.9. The molecule has 1 fully saturated rings. The van der Waals surface area contributed by atoms with E-state index in [2.05, 4.69) is 10.6 Å². The molecule has 1 atom stereocenters. The van der Waals surface area contributed by atoms with Crippen LogP contribution in [0.3, 0.4) is 0 Å². The van der Waals surface area contributed by atoms with Gasteiger partial charge >= 0.3 is 0 Å². The molecule has 1 aromatic carbocycles. The van der Waals surface area contributed by atoms with E-state index in [1.165, 1.54) is 25.0 Å². The molecule has 1 amide bonds. The lowest BCUT2D eigenvalue weighted by Gasteiger charge is -2.21. The van der Waals surface area contributed by atoms with E-state index in [-0.39, 0.29) is 5.91 Å². The highest BCUT2D eigenvalue weighted by atomic mass is 32.2. The van der Waals surface area contributed by atoms with E-state index in [1.54, 1.807) is 0 Å². The third-order valence-electron chi connectivity index (χ3n) is 3.20. The van der Waals surface area contributed by atoms with Crippen molar-refractivity contribution >= 4 is 23.4 Å². The molecule has 2 N–H and O–H groups in total. The highest BCUT2D eigenvalue weighted by Crippen LogP contribution is 2.24. The number of hydrogen-bond acceptors (Lipinski definition) is 3. The van der Waals surface area contributed by atoms with Crippen molar-refractivity contribution in [3.05, 3.63) is 29.8 Å². The summed E-state index contributed by atoms with van der Waals surface area (Å²) in [5, 5.41) is 6.66. The monoisotopic (exact) mass is 264 g/mol. The summed E-state index contributed by atoms with van der Waals surface area (Å²) >= 11 is 1.98. The zero-order valence-electron chi connectivity index (χ0n) is 10.7. The third-order valence-corrected chi connectivity index (χ3v) is 4.60. The zero-order chi connectivity index (χ0) is 12.8. The van der Waals surface area contributed by atoms with Gasteiger partial charge in [0.05, 0.1) is 0 Å². The second-order valence-electron chi connectivity index (χ2n) is 4.53. The maximum Gasteiger partial charge on any atom is 0.251 e. The summed E-state index contributed by atoms with van der Waals surface area (Å²) in [5.41, 5.74) is 1.75. The average molecular weight is 264 g/mol. The smallest absolute Gasteiger partial charge is 0.251 e. The van der Waals surface area contributed by atoms with Crippen molar-refractivity contribution in [1.29, 1.82) is 0 Å². The lowest BCUT2D eigenvalue weighted by atomic mass is 10.1. The summed E-state index contributed by atoms with van der Waals surface area (Å²) in [6.07, 6.45) is 3.84. The second-order valence-corrected chi connectivity index (χ2v) is 5.93. The largest absolute Gasteiger partial charge is 0.388 e. The van der Waals surface area contributed by atoms with E-state index in [0.29, 0.717) is 5.25 Å². The number of thioether (sulfide) groups is 1. The average Bonchev–Trinajstić information content (AvgIpc) is 2.46. The predicted molar refractivity (Wildman–Crippen MR) is 78.4 cm³/mol. The Morgan fingerprint density at radius 1 is 1.33 bits per heavy atom. The summed E-state index contributed by atoms with van der Waals surface area (Å²) in [6, 6.07) is 7.55. The first-order valence-electron chi connectivity index (χ1n) is 6.47. The zero-order valence-corrected chi connectivity index (χ0v) is 11.6. The lowest BCUT2D eigenvalue weighted by molar-refractivity contribution is 0.0953. The number of carbonyl (C=O) groups is 1. The Kier molecular flexibility index (Phi) is 4.93. The molecule has 0 aliphatic carbocycles. The SMILES string of the molecule is CNc1ccc(C(=O)NCC2CCCCS2)cc1. The fraction of sp³-hybridized carbons (Fsp3) is 0.500. The number of amides is 1. The van der Waals surface area contributed by atoms with E-state index < -0.39 is 0 Å². The van der Waals surface area contributed by atoms with Crippen LogP contribution in [0.4, 0.5) is 5.69 Å². The maximum atomic E-state index is 11.9. The highest BCUT2D eigenvalue weighted by Gasteiger charge is 2.15. The van der Waals surface area contributed by atoms with Crippen LogP contribution in [0.25, 0.3) is 0 Å². The van der Waals surface area contributed by atoms with Crippen LogP contribution in [0.15, 0.2) is 24.3 Å². The minimum absolute atomic E-state index is 0.0313. The Bertz CT molecular complexity index is 385. The van der Waals surface area contributed by atoms with Crippen molar-refractivity contribution in [2.45, 2.75) is 24.5 Å². The van der Waals surface area contributed by atoms with Gasteiger partial charge in [-0.2, -0.15) is 11.8 Å². The van der Waals surface area contributed by atoms with Crippen molar-refractivity contribution in [3.63, 3.8) is 0 Å². The quantitative estimate of drug-likeness (QED) is 0.878. The molecule has 0 saturated carbocycles. The van der Waals surface area contributed by atoms with Gasteiger partial charge in [-0.3, -0.25) is 4.79 Å². The summed E-state index contributed by atoms with van der Waals surface area (Å²) in [5.74, 6) is 1.26. The summed E-state index contributed by atoms with van der Waals surface area (Å²) in [4.78, 5) is 11.9.